The highest BCUT2D eigenvalue weighted by Crippen LogP contribution is 2.42. The Labute approximate surface area is 256 Å². The topological polar surface area (TPSA) is 140 Å². The van der Waals surface area contributed by atoms with E-state index in [1.54, 1.807) is 51.1 Å². The number of Topliss-reactive ketones (excluding diaryl/α,β-unsaturated/α-hetero) is 1. The Balaban J connectivity index is 1.72. The van der Waals surface area contributed by atoms with Crippen LogP contribution in [0.5, 0.6) is 5.75 Å². The van der Waals surface area contributed by atoms with Crippen molar-refractivity contribution in [1.29, 1.82) is 0 Å². The number of benzene rings is 2. The number of hydrogen-bond acceptors (Lipinski definition) is 8. The fourth-order valence-electron chi connectivity index (χ4n) is 4.87. The van der Waals surface area contributed by atoms with Gasteiger partial charge in [-0.15, -0.1) is 0 Å². The van der Waals surface area contributed by atoms with Gasteiger partial charge >= 0.3 is 18.2 Å². The molecule has 12 heteroatoms. The average Bonchev–Trinajstić information content (AvgIpc) is 2.93. The van der Waals surface area contributed by atoms with E-state index in [0.29, 0.717) is 29.0 Å². The van der Waals surface area contributed by atoms with Gasteiger partial charge in [0, 0.05) is 44.1 Å². The first-order valence-corrected chi connectivity index (χ1v) is 14.4. The van der Waals surface area contributed by atoms with E-state index >= 15 is 0 Å². The quantitative estimate of drug-likeness (QED) is 0.225. The van der Waals surface area contributed by atoms with Gasteiger partial charge in [-0.05, 0) is 63.8 Å². The minimum absolute atomic E-state index is 0.0165. The van der Waals surface area contributed by atoms with E-state index in [1.807, 2.05) is 0 Å². The standard InChI is InChI=1S/C31H38ClN3O8/c1-20(36)42-25-14-13-21(18-22(25)27(38)33-16-17-34-28(39)43-30(2,3)4)19-41-29(40)35(5)31(15-9-8-12-26(31)37)23-10-6-7-11-24(23)32/h6-7,10-11,13-14,18H,8-9,12,15-17,19H2,1-5H3,(H,33,38)(H,34,39). The Bertz CT molecular complexity index is 1370. The predicted molar refractivity (Wildman–Crippen MR) is 159 cm³/mol. The van der Waals surface area contributed by atoms with Crippen molar-refractivity contribution in [3.05, 3.63) is 64.2 Å². The van der Waals surface area contributed by atoms with Crippen molar-refractivity contribution in [2.75, 3.05) is 20.1 Å². The molecule has 2 aromatic carbocycles. The molecule has 2 aromatic rings. The molecule has 0 spiro atoms. The highest BCUT2D eigenvalue weighted by Gasteiger charge is 2.48. The summed E-state index contributed by atoms with van der Waals surface area (Å²) in [7, 11) is 1.52. The molecule has 1 fully saturated rings. The maximum atomic E-state index is 13.3. The first-order chi connectivity index (χ1) is 20.2. The lowest BCUT2D eigenvalue weighted by Gasteiger charge is -2.43. The number of nitrogens with zero attached hydrogens (tertiary/aromatic N) is 1. The molecule has 3 rings (SSSR count). The van der Waals surface area contributed by atoms with Crippen LogP contribution in [-0.2, 0) is 31.2 Å². The van der Waals surface area contributed by atoms with Crippen molar-refractivity contribution in [2.45, 2.75) is 71.1 Å². The third-order valence-electron chi connectivity index (χ3n) is 6.80. The molecule has 0 bridgehead atoms. The molecule has 1 saturated carbocycles. The van der Waals surface area contributed by atoms with Gasteiger partial charge in [0.05, 0.1) is 5.56 Å². The van der Waals surface area contributed by atoms with Crippen molar-refractivity contribution in [3.63, 3.8) is 0 Å². The van der Waals surface area contributed by atoms with E-state index in [-0.39, 0.29) is 36.8 Å². The maximum Gasteiger partial charge on any atom is 0.410 e. The fraction of sp³-hybridized carbons (Fsp3) is 0.452. The Morgan fingerprint density at radius 1 is 1.02 bits per heavy atom. The normalized spacial score (nSPS) is 16.6. The number of carbonyl (C=O) groups is 5. The summed E-state index contributed by atoms with van der Waals surface area (Å²) in [4.78, 5) is 64.4. The van der Waals surface area contributed by atoms with Gasteiger partial charge in [-0.1, -0.05) is 35.9 Å². The zero-order valence-electron chi connectivity index (χ0n) is 25.1. The molecular weight excluding hydrogens is 578 g/mol. The van der Waals surface area contributed by atoms with Crippen molar-refractivity contribution in [1.82, 2.24) is 15.5 Å². The lowest BCUT2D eigenvalue weighted by atomic mass is 9.74. The summed E-state index contributed by atoms with van der Waals surface area (Å²) < 4.78 is 15.9. The minimum atomic E-state index is -1.26. The molecule has 0 saturated heterocycles. The molecule has 0 radical (unpaired) electrons. The Morgan fingerprint density at radius 3 is 2.37 bits per heavy atom. The number of likely N-dealkylation sites (N-methyl/N-ethyl adjacent to an activating group) is 1. The van der Waals surface area contributed by atoms with Gasteiger partial charge in [0.1, 0.15) is 23.5 Å². The average molecular weight is 616 g/mol. The third-order valence-corrected chi connectivity index (χ3v) is 7.13. The second-order valence-electron chi connectivity index (χ2n) is 11.2. The largest absolute Gasteiger partial charge is 0.445 e. The Hall–Kier alpha value is -4.12. The van der Waals surface area contributed by atoms with E-state index in [4.69, 9.17) is 25.8 Å². The Kier molecular flexibility index (Phi) is 11.2. The number of esters is 1. The van der Waals surface area contributed by atoms with E-state index in [0.717, 1.165) is 12.8 Å². The van der Waals surface area contributed by atoms with Crippen LogP contribution in [0.1, 0.15) is 74.9 Å². The lowest BCUT2D eigenvalue weighted by molar-refractivity contribution is -0.133. The summed E-state index contributed by atoms with van der Waals surface area (Å²) in [6.07, 6.45) is 0.820. The number of halogens is 1. The number of hydrogen-bond donors (Lipinski definition) is 2. The molecular formula is C31H38ClN3O8. The number of nitrogens with one attached hydrogen (secondary N) is 2. The van der Waals surface area contributed by atoms with E-state index < -0.39 is 35.2 Å². The number of amides is 3. The number of ether oxygens (including phenoxy) is 3. The van der Waals surface area contributed by atoms with Crippen LogP contribution in [0.15, 0.2) is 42.5 Å². The second-order valence-corrected chi connectivity index (χ2v) is 11.6. The molecule has 2 N–H and O–H groups in total. The summed E-state index contributed by atoms with van der Waals surface area (Å²) in [5, 5.41) is 5.58. The van der Waals surface area contributed by atoms with Crippen molar-refractivity contribution in [2.24, 2.45) is 0 Å². The minimum Gasteiger partial charge on any atom is -0.445 e. The fourth-order valence-corrected chi connectivity index (χ4v) is 5.16. The van der Waals surface area contributed by atoms with Crippen LogP contribution >= 0.6 is 11.6 Å². The molecule has 0 heterocycles. The predicted octanol–water partition coefficient (Wildman–Crippen LogP) is 5.13. The summed E-state index contributed by atoms with van der Waals surface area (Å²) in [6, 6.07) is 11.4. The van der Waals surface area contributed by atoms with Gasteiger partial charge < -0.3 is 24.8 Å². The number of alkyl carbamates (subject to hydrolysis) is 1. The van der Waals surface area contributed by atoms with Crippen LogP contribution in [0, 0.1) is 0 Å². The van der Waals surface area contributed by atoms with E-state index in [9.17, 15) is 24.0 Å². The first-order valence-electron chi connectivity index (χ1n) is 14.0. The zero-order valence-corrected chi connectivity index (χ0v) is 25.8. The second kappa shape index (κ2) is 14.4. The molecule has 43 heavy (non-hydrogen) atoms. The van der Waals surface area contributed by atoms with Gasteiger partial charge in [-0.25, -0.2) is 9.59 Å². The molecule has 1 aliphatic carbocycles. The molecule has 11 nitrogen and oxygen atoms in total. The lowest BCUT2D eigenvalue weighted by Crippen LogP contribution is -2.54. The van der Waals surface area contributed by atoms with Crippen LogP contribution in [-0.4, -0.2) is 60.5 Å². The van der Waals surface area contributed by atoms with Crippen LogP contribution in [0.25, 0.3) is 0 Å². The molecule has 1 unspecified atom stereocenters. The Morgan fingerprint density at radius 2 is 1.72 bits per heavy atom. The summed E-state index contributed by atoms with van der Waals surface area (Å²) in [5.74, 6) is -1.29. The molecule has 0 aromatic heterocycles. The van der Waals surface area contributed by atoms with E-state index in [2.05, 4.69) is 10.6 Å². The maximum absolute atomic E-state index is 13.3. The van der Waals surface area contributed by atoms with Crippen LogP contribution in [0.4, 0.5) is 9.59 Å². The number of carbonyl (C=O) groups excluding carboxylic acids is 5. The molecule has 1 atom stereocenters. The van der Waals surface area contributed by atoms with Crippen molar-refractivity contribution in [3.8, 4) is 5.75 Å². The summed E-state index contributed by atoms with van der Waals surface area (Å²) in [6.45, 7) is 6.36. The van der Waals surface area contributed by atoms with Crippen molar-refractivity contribution >= 4 is 41.4 Å². The SMILES string of the molecule is CC(=O)Oc1ccc(COC(=O)N(C)C2(c3ccccc3Cl)CCCCC2=O)cc1C(=O)NCCNC(=O)OC(C)(C)C. The van der Waals surface area contributed by atoms with E-state index in [1.165, 1.54) is 31.0 Å². The highest BCUT2D eigenvalue weighted by atomic mass is 35.5. The molecule has 232 valence electrons. The van der Waals surface area contributed by atoms with Crippen molar-refractivity contribution < 1.29 is 38.2 Å². The number of ketones is 1. The molecule has 1 aliphatic rings. The molecule has 0 aliphatic heterocycles. The molecule has 3 amide bonds. The van der Waals surface area contributed by atoms with Crippen LogP contribution < -0.4 is 15.4 Å². The van der Waals surface area contributed by atoms with Gasteiger partial charge in [0.25, 0.3) is 5.91 Å². The third kappa shape index (κ3) is 8.70. The van der Waals surface area contributed by atoms with Gasteiger partial charge in [-0.2, -0.15) is 0 Å². The van der Waals surface area contributed by atoms with Gasteiger partial charge in [0.2, 0.25) is 0 Å². The van der Waals surface area contributed by atoms with Gasteiger partial charge in [-0.3, -0.25) is 19.3 Å². The van der Waals surface area contributed by atoms with Crippen LogP contribution in [0.2, 0.25) is 5.02 Å². The smallest absolute Gasteiger partial charge is 0.410 e. The monoisotopic (exact) mass is 615 g/mol. The van der Waals surface area contributed by atoms with Crippen LogP contribution in [0.3, 0.4) is 0 Å². The summed E-state index contributed by atoms with van der Waals surface area (Å²) in [5.41, 5.74) is -0.899. The highest BCUT2D eigenvalue weighted by molar-refractivity contribution is 6.31. The van der Waals surface area contributed by atoms with Gasteiger partial charge in [0.15, 0.2) is 5.78 Å². The summed E-state index contributed by atoms with van der Waals surface area (Å²) >= 11 is 6.49. The zero-order chi connectivity index (χ0) is 31.8. The first kappa shape index (κ1) is 33.4. The number of rotatable bonds is 9.